The first-order chi connectivity index (χ1) is 27.3. The summed E-state index contributed by atoms with van der Waals surface area (Å²) in [6.45, 7) is 12.1. The molecular weight excluding hydrogens is 776 g/mol. The highest BCUT2D eigenvalue weighted by molar-refractivity contribution is 7.92. The quantitative estimate of drug-likeness (QED) is 0.0860. The van der Waals surface area contributed by atoms with Gasteiger partial charge in [0.2, 0.25) is 11.8 Å². The van der Waals surface area contributed by atoms with Crippen LogP contribution in [0.2, 0.25) is 0 Å². The summed E-state index contributed by atoms with van der Waals surface area (Å²) < 4.78 is 85.4. The standard InChI is InChI=1S/C41H48F3N7O6S/c1-23(2)16-27-11-8-10-25(5)34(27)35-26(6)37(49-39(48-35)50-58(54,55)31-13-9-12-28(17-31)38(52)53)57-22-30(21-56-24(3)4)45-19-29-20-46-32-18-33(51(7)36(32)47-29)40(14-15-40)41(42,43)44/h8-13,17-18,20,23-24,30,45H,14-16,19,21-22H2,1-7H3,(H,52,53)(H,48,49,50)/t30-/m1/s1. The third-order valence-electron chi connectivity index (χ3n) is 10.1. The Bertz CT molecular complexity index is 2430. The van der Waals surface area contributed by atoms with Crippen molar-refractivity contribution in [2.45, 2.75) is 96.0 Å². The molecule has 13 nitrogen and oxygen atoms in total. The average molecular weight is 824 g/mol. The molecule has 3 N–H and O–H groups in total. The second-order valence-electron chi connectivity index (χ2n) is 15.5. The number of hydrogen-bond donors (Lipinski definition) is 3. The number of ether oxygens (including phenoxy) is 2. The molecule has 1 fully saturated rings. The van der Waals surface area contributed by atoms with Gasteiger partial charge in [-0.3, -0.25) is 4.98 Å². The number of nitrogens with one attached hydrogen (secondary N) is 2. The number of hydrogen-bond acceptors (Lipinski definition) is 10. The summed E-state index contributed by atoms with van der Waals surface area (Å²) in [6.07, 6.45) is -2.20. The Labute approximate surface area is 335 Å². The summed E-state index contributed by atoms with van der Waals surface area (Å²) in [5, 5.41) is 12.8. The van der Waals surface area contributed by atoms with Crippen LogP contribution in [0.4, 0.5) is 19.1 Å². The Morgan fingerprint density at radius 2 is 1.74 bits per heavy atom. The number of aromatic carboxylic acids is 1. The average Bonchev–Trinajstić information content (AvgIpc) is 3.91. The fraction of sp³-hybridized carbons (Fsp3) is 0.439. The molecule has 2 aromatic carbocycles. The van der Waals surface area contributed by atoms with Crippen LogP contribution in [-0.4, -0.2) is 75.5 Å². The van der Waals surface area contributed by atoms with E-state index in [1.54, 1.807) is 14.0 Å². The molecule has 1 atom stereocenters. The highest BCUT2D eigenvalue weighted by Gasteiger charge is 2.65. The van der Waals surface area contributed by atoms with Crippen molar-refractivity contribution in [1.29, 1.82) is 0 Å². The minimum atomic E-state index is -4.37. The summed E-state index contributed by atoms with van der Waals surface area (Å²) in [7, 11) is -2.78. The van der Waals surface area contributed by atoms with Gasteiger partial charge in [0, 0.05) is 30.4 Å². The number of rotatable bonds is 17. The third kappa shape index (κ3) is 9.11. The van der Waals surface area contributed by atoms with Gasteiger partial charge in [-0.1, -0.05) is 38.1 Å². The van der Waals surface area contributed by atoms with Crippen molar-refractivity contribution >= 4 is 33.1 Å². The predicted molar refractivity (Wildman–Crippen MR) is 212 cm³/mol. The minimum absolute atomic E-state index is 0.00155. The zero-order valence-electron chi connectivity index (χ0n) is 33.4. The van der Waals surface area contributed by atoms with Crippen molar-refractivity contribution in [1.82, 2.24) is 29.8 Å². The van der Waals surface area contributed by atoms with Gasteiger partial charge in [-0.15, -0.1) is 0 Å². The van der Waals surface area contributed by atoms with E-state index in [0.717, 1.165) is 29.2 Å². The monoisotopic (exact) mass is 823 g/mol. The number of anilines is 1. The van der Waals surface area contributed by atoms with Gasteiger partial charge in [0.15, 0.2) is 5.65 Å². The summed E-state index contributed by atoms with van der Waals surface area (Å²) in [5.41, 5.74) is 3.03. The highest BCUT2D eigenvalue weighted by atomic mass is 32.2. The first-order valence-corrected chi connectivity index (χ1v) is 20.5. The lowest BCUT2D eigenvalue weighted by atomic mass is 9.91. The Morgan fingerprint density at radius 1 is 1.02 bits per heavy atom. The largest absolute Gasteiger partial charge is 0.478 e. The molecular formula is C41H48F3N7O6S. The van der Waals surface area contributed by atoms with Crippen LogP contribution in [0.25, 0.3) is 22.4 Å². The highest BCUT2D eigenvalue weighted by Crippen LogP contribution is 2.59. The van der Waals surface area contributed by atoms with Crippen molar-refractivity contribution in [2.24, 2.45) is 13.0 Å². The molecule has 0 saturated heterocycles. The molecule has 58 heavy (non-hydrogen) atoms. The van der Waals surface area contributed by atoms with Gasteiger partial charge in [0.25, 0.3) is 10.0 Å². The van der Waals surface area contributed by atoms with Crippen LogP contribution in [0.3, 0.4) is 0 Å². The molecule has 0 amide bonds. The molecule has 6 rings (SSSR count). The van der Waals surface area contributed by atoms with E-state index in [1.165, 1.54) is 35.0 Å². The lowest BCUT2D eigenvalue weighted by Gasteiger charge is -2.22. The van der Waals surface area contributed by atoms with Crippen LogP contribution >= 0.6 is 0 Å². The lowest BCUT2D eigenvalue weighted by Crippen LogP contribution is -2.39. The lowest BCUT2D eigenvalue weighted by molar-refractivity contribution is -0.162. The second kappa shape index (κ2) is 16.6. The molecule has 1 aliphatic rings. The van der Waals surface area contributed by atoms with Crippen LogP contribution in [0.15, 0.2) is 59.6 Å². The van der Waals surface area contributed by atoms with E-state index in [9.17, 15) is 31.5 Å². The number of benzene rings is 2. The van der Waals surface area contributed by atoms with Crippen molar-refractivity contribution in [2.75, 3.05) is 17.9 Å². The van der Waals surface area contributed by atoms with Gasteiger partial charge in [0.1, 0.15) is 17.5 Å². The van der Waals surface area contributed by atoms with E-state index in [0.29, 0.717) is 34.0 Å². The van der Waals surface area contributed by atoms with Gasteiger partial charge in [-0.2, -0.15) is 18.2 Å². The number of aryl methyl sites for hydroxylation is 2. The summed E-state index contributed by atoms with van der Waals surface area (Å²) in [6, 6.07) is 11.9. The molecule has 3 aromatic heterocycles. The third-order valence-corrected chi connectivity index (χ3v) is 11.5. The van der Waals surface area contributed by atoms with E-state index < -0.39 is 33.6 Å². The number of halogens is 3. The maximum atomic E-state index is 14.0. The number of fused-ring (bicyclic) bond motifs is 1. The predicted octanol–water partition coefficient (Wildman–Crippen LogP) is 7.30. The smallest absolute Gasteiger partial charge is 0.399 e. The fourth-order valence-electron chi connectivity index (χ4n) is 6.95. The number of aromatic nitrogens is 5. The van der Waals surface area contributed by atoms with Gasteiger partial charge in [0.05, 0.1) is 46.8 Å². The maximum Gasteiger partial charge on any atom is 0.399 e. The number of sulfonamides is 1. The minimum Gasteiger partial charge on any atom is -0.478 e. The van der Waals surface area contributed by atoms with E-state index in [1.807, 2.05) is 39.0 Å². The molecule has 1 saturated carbocycles. The van der Waals surface area contributed by atoms with Crippen molar-refractivity contribution in [3.63, 3.8) is 0 Å². The van der Waals surface area contributed by atoms with Crippen molar-refractivity contribution in [3.8, 4) is 17.1 Å². The fourth-order valence-corrected chi connectivity index (χ4v) is 7.94. The first kappa shape index (κ1) is 42.5. The van der Waals surface area contributed by atoms with Crippen LogP contribution in [0.5, 0.6) is 5.88 Å². The number of nitrogens with zero attached hydrogens (tertiary/aromatic N) is 5. The molecule has 0 aliphatic heterocycles. The van der Waals surface area contributed by atoms with Gasteiger partial charge in [-0.25, -0.2) is 27.9 Å². The molecule has 3 heterocycles. The first-order valence-electron chi connectivity index (χ1n) is 19.0. The molecule has 310 valence electrons. The van der Waals surface area contributed by atoms with Crippen molar-refractivity contribution in [3.05, 3.63) is 88.4 Å². The van der Waals surface area contributed by atoms with E-state index >= 15 is 0 Å². The topological polar surface area (TPSA) is 170 Å². The van der Waals surface area contributed by atoms with Crippen LogP contribution in [0, 0.1) is 19.8 Å². The SMILES string of the molecule is Cc1cccc(CC(C)C)c1-c1nc(NS(=O)(=O)c2cccc(C(=O)O)c2)nc(OC[C@@H](COC(C)C)NCc2cnc3cc(C4(C(F)(F)F)CC4)n(C)c3n2)c1C. The summed E-state index contributed by atoms with van der Waals surface area (Å²) in [5.74, 6) is -1.15. The molecule has 0 spiro atoms. The normalized spacial score (nSPS) is 14.6. The molecule has 1 aliphatic carbocycles. The zero-order chi connectivity index (χ0) is 42.2. The summed E-state index contributed by atoms with van der Waals surface area (Å²) in [4.78, 5) is 29.6. The molecule has 17 heteroatoms. The Morgan fingerprint density at radius 3 is 2.40 bits per heavy atom. The Balaban J connectivity index is 1.31. The number of alkyl halides is 3. The van der Waals surface area contributed by atoms with E-state index in [2.05, 4.69) is 38.8 Å². The Kier molecular flexibility index (Phi) is 12.2. The zero-order valence-corrected chi connectivity index (χ0v) is 34.3. The summed E-state index contributed by atoms with van der Waals surface area (Å²) >= 11 is 0. The number of carbonyl (C=O) groups is 1. The van der Waals surface area contributed by atoms with Crippen LogP contribution < -0.4 is 14.8 Å². The molecule has 0 bridgehead atoms. The Hall–Kier alpha value is -5.13. The number of carboxylic acids is 1. The van der Waals surface area contributed by atoms with Crippen LogP contribution in [-0.2, 0) is 40.2 Å². The number of carboxylic acid groups (broad SMARTS) is 1. The molecule has 0 unspecified atom stereocenters. The van der Waals surface area contributed by atoms with Gasteiger partial charge < -0.3 is 24.5 Å². The molecule has 5 aromatic rings. The van der Waals surface area contributed by atoms with E-state index in [4.69, 9.17) is 14.5 Å². The maximum absolute atomic E-state index is 14.0. The van der Waals surface area contributed by atoms with E-state index in [-0.39, 0.29) is 66.7 Å². The van der Waals surface area contributed by atoms with Gasteiger partial charge in [-0.05, 0) is 88.3 Å². The molecule has 0 radical (unpaired) electrons. The van der Waals surface area contributed by atoms with Gasteiger partial charge >= 0.3 is 12.1 Å². The van der Waals surface area contributed by atoms with Crippen molar-refractivity contribution < 1.29 is 41.0 Å². The second-order valence-corrected chi connectivity index (χ2v) is 17.2. The van der Waals surface area contributed by atoms with Crippen LogP contribution in [0.1, 0.15) is 79.0 Å².